The van der Waals surface area contributed by atoms with Gasteiger partial charge in [0.1, 0.15) is 0 Å². The molecule has 0 aliphatic heterocycles. The molecule has 1 aromatic rings. The molecule has 0 heterocycles. The van der Waals surface area contributed by atoms with Crippen molar-refractivity contribution >= 4 is 17.5 Å². The zero-order chi connectivity index (χ0) is 17.5. The molecule has 0 spiro atoms. The van der Waals surface area contributed by atoms with E-state index in [-0.39, 0.29) is 17.7 Å². The van der Waals surface area contributed by atoms with Crippen LogP contribution in [0.3, 0.4) is 0 Å². The zero-order valence-corrected chi connectivity index (χ0v) is 14.8. The predicted octanol–water partition coefficient (Wildman–Crippen LogP) is 3.50. The van der Waals surface area contributed by atoms with Crippen molar-refractivity contribution in [2.45, 2.75) is 57.5 Å². The Morgan fingerprint density at radius 2 is 1.88 bits per heavy atom. The Morgan fingerprint density at radius 3 is 2.64 bits per heavy atom. The van der Waals surface area contributed by atoms with Crippen LogP contribution in [0.25, 0.3) is 0 Å². The lowest BCUT2D eigenvalue weighted by molar-refractivity contribution is -0.117. The van der Waals surface area contributed by atoms with E-state index in [0.717, 1.165) is 19.3 Å². The predicted molar refractivity (Wildman–Crippen MR) is 97.6 cm³/mol. The quantitative estimate of drug-likeness (QED) is 0.709. The first-order chi connectivity index (χ1) is 12.2. The van der Waals surface area contributed by atoms with E-state index in [1.807, 2.05) is 6.07 Å². The Morgan fingerprint density at radius 1 is 1.08 bits per heavy atom. The van der Waals surface area contributed by atoms with Gasteiger partial charge in [0.15, 0.2) is 0 Å². The molecule has 2 aliphatic rings. The van der Waals surface area contributed by atoms with Crippen LogP contribution in [-0.2, 0) is 9.53 Å². The summed E-state index contributed by atoms with van der Waals surface area (Å²) in [6.07, 6.45) is 9.39. The molecule has 0 saturated heterocycles. The highest BCUT2D eigenvalue weighted by molar-refractivity contribution is 5.98. The van der Waals surface area contributed by atoms with Crippen molar-refractivity contribution in [2.24, 2.45) is 5.92 Å². The normalized spacial score (nSPS) is 17.9. The molecule has 2 fully saturated rings. The zero-order valence-electron chi connectivity index (χ0n) is 14.8. The standard InChI is InChI=1S/C20H28N2O3/c23-19(21-12-5-13-25-18-8-2-1-3-9-18)16-6-4-7-17(14-16)22-20(24)15-10-11-15/h4,6-7,14-15,18H,1-3,5,8-13H2,(H,21,23)(H,22,24). The summed E-state index contributed by atoms with van der Waals surface area (Å²) >= 11 is 0. The Balaban J connectivity index is 1.36. The smallest absolute Gasteiger partial charge is 0.251 e. The lowest BCUT2D eigenvalue weighted by Gasteiger charge is -2.21. The second-order valence-electron chi connectivity index (χ2n) is 7.08. The van der Waals surface area contributed by atoms with Gasteiger partial charge in [0, 0.05) is 30.3 Å². The van der Waals surface area contributed by atoms with Crippen molar-refractivity contribution in [3.63, 3.8) is 0 Å². The monoisotopic (exact) mass is 344 g/mol. The molecule has 2 saturated carbocycles. The molecule has 2 aliphatic carbocycles. The number of ether oxygens (including phenoxy) is 1. The molecular weight excluding hydrogens is 316 g/mol. The maximum Gasteiger partial charge on any atom is 0.251 e. The summed E-state index contributed by atoms with van der Waals surface area (Å²) < 4.78 is 5.86. The Bertz CT molecular complexity index is 592. The summed E-state index contributed by atoms with van der Waals surface area (Å²) in [7, 11) is 0. The van der Waals surface area contributed by atoms with Gasteiger partial charge in [-0.05, 0) is 50.3 Å². The third-order valence-corrected chi connectivity index (χ3v) is 4.85. The van der Waals surface area contributed by atoms with Gasteiger partial charge in [-0.3, -0.25) is 9.59 Å². The second kappa shape index (κ2) is 8.99. The largest absolute Gasteiger partial charge is 0.378 e. The van der Waals surface area contributed by atoms with Crippen LogP contribution in [0.5, 0.6) is 0 Å². The van der Waals surface area contributed by atoms with Gasteiger partial charge in [-0.2, -0.15) is 0 Å². The highest BCUT2D eigenvalue weighted by Gasteiger charge is 2.29. The van der Waals surface area contributed by atoms with E-state index in [4.69, 9.17) is 4.74 Å². The fourth-order valence-corrected chi connectivity index (χ4v) is 3.19. The number of amides is 2. The summed E-state index contributed by atoms with van der Waals surface area (Å²) in [4.78, 5) is 24.0. The fourth-order valence-electron chi connectivity index (χ4n) is 3.19. The minimum atomic E-state index is -0.111. The van der Waals surface area contributed by atoms with E-state index < -0.39 is 0 Å². The number of rotatable bonds is 8. The van der Waals surface area contributed by atoms with Gasteiger partial charge in [0.05, 0.1) is 6.10 Å². The van der Waals surface area contributed by atoms with Gasteiger partial charge >= 0.3 is 0 Å². The molecule has 5 heteroatoms. The highest BCUT2D eigenvalue weighted by Crippen LogP contribution is 2.30. The molecule has 25 heavy (non-hydrogen) atoms. The van der Waals surface area contributed by atoms with Crippen LogP contribution in [0.4, 0.5) is 5.69 Å². The van der Waals surface area contributed by atoms with Crippen molar-refractivity contribution in [1.82, 2.24) is 5.32 Å². The van der Waals surface area contributed by atoms with E-state index in [9.17, 15) is 9.59 Å². The van der Waals surface area contributed by atoms with Crippen molar-refractivity contribution in [2.75, 3.05) is 18.5 Å². The lowest BCUT2D eigenvalue weighted by atomic mass is 9.98. The topological polar surface area (TPSA) is 67.4 Å². The number of carbonyl (C=O) groups excluding carboxylic acids is 2. The van der Waals surface area contributed by atoms with Crippen molar-refractivity contribution in [3.8, 4) is 0 Å². The van der Waals surface area contributed by atoms with Gasteiger partial charge in [0.25, 0.3) is 5.91 Å². The SMILES string of the molecule is O=C(NCCCOC1CCCCC1)c1cccc(NC(=O)C2CC2)c1. The maximum absolute atomic E-state index is 12.2. The molecule has 0 aromatic heterocycles. The lowest BCUT2D eigenvalue weighted by Crippen LogP contribution is -2.26. The molecule has 136 valence electrons. The van der Waals surface area contributed by atoms with E-state index >= 15 is 0 Å². The fraction of sp³-hybridized carbons (Fsp3) is 0.600. The summed E-state index contributed by atoms with van der Waals surface area (Å²) in [5.74, 6) is 0.0965. The van der Waals surface area contributed by atoms with Gasteiger partial charge < -0.3 is 15.4 Å². The highest BCUT2D eigenvalue weighted by atomic mass is 16.5. The van der Waals surface area contributed by atoms with E-state index in [2.05, 4.69) is 10.6 Å². The van der Waals surface area contributed by atoms with Crippen LogP contribution < -0.4 is 10.6 Å². The Kier molecular flexibility index (Phi) is 6.45. The number of carbonyl (C=O) groups is 2. The maximum atomic E-state index is 12.2. The molecule has 3 rings (SSSR count). The molecule has 1 aromatic carbocycles. The summed E-state index contributed by atoms with van der Waals surface area (Å²) in [5, 5.41) is 5.79. The molecule has 2 N–H and O–H groups in total. The molecular formula is C20H28N2O3. The minimum absolute atomic E-state index is 0.0532. The summed E-state index contributed by atoms with van der Waals surface area (Å²) in [6.45, 7) is 1.30. The van der Waals surface area contributed by atoms with Crippen LogP contribution in [0.15, 0.2) is 24.3 Å². The van der Waals surface area contributed by atoms with E-state index in [1.54, 1.807) is 18.2 Å². The Labute approximate surface area is 149 Å². The van der Waals surface area contributed by atoms with Crippen LogP contribution in [0, 0.1) is 5.92 Å². The average molecular weight is 344 g/mol. The van der Waals surface area contributed by atoms with E-state index in [1.165, 1.54) is 32.1 Å². The first-order valence-corrected chi connectivity index (χ1v) is 9.53. The minimum Gasteiger partial charge on any atom is -0.378 e. The molecule has 0 radical (unpaired) electrons. The van der Waals surface area contributed by atoms with Crippen molar-refractivity contribution in [1.29, 1.82) is 0 Å². The number of anilines is 1. The number of hydrogen-bond donors (Lipinski definition) is 2. The van der Waals surface area contributed by atoms with Crippen molar-refractivity contribution < 1.29 is 14.3 Å². The second-order valence-corrected chi connectivity index (χ2v) is 7.08. The molecule has 0 unspecified atom stereocenters. The number of nitrogens with one attached hydrogen (secondary N) is 2. The van der Waals surface area contributed by atoms with Gasteiger partial charge in [-0.15, -0.1) is 0 Å². The number of benzene rings is 1. The third kappa shape index (κ3) is 5.85. The Hall–Kier alpha value is -1.88. The van der Waals surface area contributed by atoms with Crippen LogP contribution >= 0.6 is 0 Å². The molecule has 0 atom stereocenters. The van der Waals surface area contributed by atoms with Crippen LogP contribution in [0.1, 0.15) is 61.7 Å². The summed E-state index contributed by atoms with van der Waals surface area (Å²) in [6, 6.07) is 7.10. The first-order valence-electron chi connectivity index (χ1n) is 9.53. The molecule has 5 nitrogen and oxygen atoms in total. The van der Waals surface area contributed by atoms with Gasteiger partial charge in [-0.25, -0.2) is 0 Å². The van der Waals surface area contributed by atoms with Crippen LogP contribution in [0.2, 0.25) is 0 Å². The van der Waals surface area contributed by atoms with E-state index in [0.29, 0.717) is 30.5 Å². The van der Waals surface area contributed by atoms with Gasteiger partial charge in [0.2, 0.25) is 5.91 Å². The molecule has 0 bridgehead atoms. The van der Waals surface area contributed by atoms with Crippen molar-refractivity contribution in [3.05, 3.63) is 29.8 Å². The third-order valence-electron chi connectivity index (χ3n) is 4.85. The average Bonchev–Trinajstić information content (AvgIpc) is 3.47. The number of hydrogen-bond acceptors (Lipinski definition) is 3. The molecule has 2 amide bonds. The summed E-state index contributed by atoms with van der Waals surface area (Å²) in [5.41, 5.74) is 1.26. The van der Waals surface area contributed by atoms with Crippen LogP contribution in [-0.4, -0.2) is 31.1 Å². The first kappa shape index (κ1) is 17.9. The van der Waals surface area contributed by atoms with Gasteiger partial charge in [-0.1, -0.05) is 25.3 Å².